The molecule has 0 spiro atoms. The molecule has 33 heavy (non-hydrogen) atoms. The van der Waals surface area contributed by atoms with Crippen LogP contribution in [0.5, 0.6) is 0 Å². The molecule has 3 rings (SSSR count). The fourth-order valence-corrected chi connectivity index (χ4v) is 6.29. The van der Waals surface area contributed by atoms with Crippen LogP contribution < -0.4 is 0 Å². The Bertz CT molecular complexity index is 734. The van der Waals surface area contributed by atoms with E-state index in [4.69, 9.17) is 5.26 Å². The van der Waals surface area contributed by atoms with Crippen LogP contribution in [-0.4, -0.2) is 0 Å². The summed E-state index contributed by atoms with van der Waals surface area (Å²) in [5, 5.41) is 8.57. The molecule has 1 aromatic carbocycles. The van der Waals surface area contributed by atoms with Gasteiger partial charge in [0.15, 0.2) is 0 Å². The lowest BCUT2D eigenvalue weighted by molar-refractivity contribution is 0.151. The van der Waals surface area contributed by atoms with Crippen molar-refractivity contribution in [2.75, 3.05) is 0 Å². The first-order chi connectivity index (χ1) is 16.3. The van der Waals surface area contributed by atoms with Crippen LogP contribution >= 0.6 is 0 Å². The van der Waals surface area contributed by atoms with Gasteiger partial charge in [-0.25, -0.2) is 0 Å². The lowest BCUT2D eigenvalue weighted by Gasteiger charge is -2.37. The summed E-state index contributed by atoms with van der Waals surface area (Å²) in [5.41, 5.74) is 3.05. The molecule has 1 aromatic rings. The Morgan fingerprint density at radius 2 is 1.33 bits per heavy atom. The van der Waals surface area contributed by atoms with Gasteiger partial charge in [-0.05, 0) is 99.0 Å². The van der Waals surface area contributed by atoms with Gasteiger partial charge < -0.3 is 0 Å². The first-order valence-electron chi connectivity index (χ1n) is 14.1. The normalized spacial score (nSPS) is 26.1. The van der Waals surface area contributed by atoms with Crippen molar-refractivity contribution in [3.05, 3.63) is 59.7 Å². The van der Waals surface area contributed by atoms with E-state index in [2.05, 4.69) is 49.4 Å². The minimum atomic E-state index is 0.734. The van der Waals surface area contributed by atoms with Crippen LogP contribution in [-0.2, 0) is 12.8 Å². The van der Waals surface area contributed by atoms with E-state index in [0.29, 0.717) is 0 Å². The molecule has 0 aromatic heterocycles. The maximum absolute atomic E-state index is 8.57. The van der Waals surface area contributed by atoms with Crippen molar-refractivity contribution in [3.63, 3.8) is 0 Å². The van der Waals surface area contributed by atoms with Gasteiger partial charge in [-0.2, -0.15) is 5.26 Å². The molecular formula is C32H47N. The molecular weight excluding hydrogens is 398 g/mol. The number of allylic oxidation sites excluding steroid dienone is 4. The Kier molecular flexibility index (Phi) is 11.9. The van der Waals surface area contributed by atoms with Crippen molar-refractivity contribution in [3.8, 4) is 6.07 Å². The largest absolute Gasteiger partial charge is 0.193 e. The van der Waals surface area contributed by atoms with Gasteiger partial charge in [-0.3, -0.25) is 0 Å². The Hall–Kier alpha value is -1.81. The summed E-state index contributed by atoms with van der Waals surface area (Å²) >= 11 is 0. The monoisotopic (exact) mass is 445 g/mol. The molecule has 0 radical (unpaired) electrons. The minimum Gasteiger partial charge on any atom is -0.193 e. The lowest BCUT2D eigenvalue weighted by atomic mass is 9.68. The predicted molar refractivity (Wildman–Crippen MR) is 142 cm³/mol. The highest BCUT2D eigenvalue weighted by molar-refractivity contribution is 5.22. The third kappa shape index (κ3) is 9.52. The molecule has 0 atom stereocenters. The van der Waals surface area contributed by atoms with Crippen LogP contribution in [0.3, 0.4) is 0 Å². The molecule has 0 saturated heterocycles. The number of benzene rings is 1. The molecule has 0 unspecified atom stereocenters. The van der Waals surface area contributed by atoms with E-state index < -0.39 is 0 Å². The van der Waals surface area contributed by atoms with Gasteiger partial charge >= 0.3 is 0 Å². The molecule has 0 heterocycles. The van der Waals surface area contributed by atoms with Crippen molar-refractivity contribution in [1.29, 1.82) is 5.26 Å². The molecule has 2 saturated carbocycles. The number of aryl methyl sites for hydroxylation is 2. The zero-order valence-corrected chi connectivity index (χ0v) is 21.2. The first kappa shape index (κ1) is 25.8. The van der Waals surface area contributed by atoms with Crippen LogP contribution in [0, 0.1) is 35.0 Å². The van der Waals surface area contributed by atoms with E-state index in [1.165, 1.54) is 114 Å². The molecule has 0 N–H and O–H groups in total. The van der Waals surface area contributed by atoms with E-state index in [-0.39, 0.29) is 0 Å². The molecule has 0 amide bonds. The Morgan fingerprint density at radius 1 is 0.758 bits per heavy atom. The molecule has 0 bridgehead atoms. The smallest absolute Gasteiger partial charge is 0.0912 e. The van der Waals surface area contributed by atoms with Crippen LogP contribution in [0.2, 0.25) is 0 Å². The number of unbranched alkanes of at least 4 members (excludes halogenated alkanes) is 3. The van der Waals surface area contributed by atoms with Crippen LogP contribution in [0.25, 0.3) is 0 Å². The van der Waals surface area contributed by atoms with Gasteiger partial charge in [0, 0.05) is 6.08 Å². The number of hydrogen-bond donors (Lipinski definition) is 0. The molecule has 2 aliphatic carbocycles. The molecule has 1 nitrogen and oxygen atoms in total. The molecule has 1 heteroatoms. The van der Waals surface area contributed by atoms with Crippen molar-refractivity contribution in [2.45, 2.75) is 110 Å². The third-order valence-corrected chi connectivity index (χ3v) is 8.46. The van der Waals surface area contributed by atoms with Crippen molar-refractivity contribution in [2.24, 2.45) is 23.7 Å². The zero-order valence-electron chi connectivity index (χ0n) is 21.2. The quantitative estimate of drug-likeness (QED) is 0.178. The molecule has 180 valence electrons. The van der Waals surface area contributed by atoms with E-state index in [9.17, 15) is 0 Å². The van der Waals surface area contributed by atoms with Gasteiger partial charge in [0.25, 0.3) is 0 Å². The highest BCUT2D eigenvalue weighted by Gasteiger charge is 2.30. The van der Waals surface area contributed by atoms with Gasteiger partial charge in [-0.1, -0.05) is 87.9 Å². The fourth-order valence-electron chi connectivity index (χ4n) is 6.29. The van der Waals surface area contributed by atoms with Gasteiger partial charge in [-0.15, -0.1) is 0 Å². The third-order valence-electron chi connectivity index (χ3n) is 8.46. The van der Waals surface area contributed by atoms with Crippen LogP contribution in [0.1, 0.15) is 108 Å². The SMILES string of the molecule is CCCCCc1ccc(CCCCC2CCC(C3CCC(C=CC=CC#N)CC3)CC2)cc1. The van der Waals surface area contributed by atoms with Gasteiger partial charge in [0.1, 0.15) is 0 Å². The summed E-state index contributed by atoms with van der Waals surface area (Å²) < 4.78 is 0. The van der Waals surface area contributed by atoms with Gasteiger partial charge in [0.2, 0.25) is 0 Å². The Balaban J connectivity index is 1.25. The summed E-state index contributed by atoms with van der Waals surface area (Å²) in [7, 11) is 0. The van der Waals surface area contributed by atoms with Gasteiger partial charge in [0.05, 0.1) is 6.07 Å². The summed E-state index contributed by atoms with van der Waals surface area (Å²) in [5.74, 6) is 3.71. The van der Waals surface area contributed by atoms with E-state index in [1.807, 2.05) is 6.08 Å². The highest BCUT2D eigenvalue weighted by atomic mass is 14.4. The minimum absolute atomic E-state index is 0.734. The number of hydrogen-bond acceptors (Lipinski definition) is 1. The van der Waals surface area contributed by atoms with Crippen molar-refractivity contribution < 1.29 is 0 Å². The summed E-state index contributed by atoms with van der Waals surface area (Å²) in [6.45, 7) is 2.28. The maximum Gasteiger partial charge on any atom is 0.0912 e. The van der Waals surface area contributed by atoms with E-state index >= 15 is 0 Å². The predicted octanol–water partition coefficient (Wildman–Crippen LogP) is 9.38. The van der Waals surface area contributed by atoms with Crippen LogP contribution in [0.4, 0.5) is 0 Å². The maximum atomic E-state index is 8.57. The average Bonchev–Trinajstić information content (AvgIpc) is 2.86. The summed E-state index contributed by atoms with van der Waals surface area (Å²) in [6, 6.07) is 11.5. The fraction of sp³-hybridized carbons (Fsp3) is 0.656. The Morgan fingerprint density at radius 3 is 1.91 bits per heavy atom. The zero-order chi connectivity index (χ0) is 23.1. The van der Waals surface area contributed by atoms with Crippen LogP contribution in [0.15, 0.2) is 48.6 Å². The molecule has 2 fully saturated rings. The highest BCUT2D eigenvalue weighted by Crippen LogP contribution is 2.42. The number of nitriles is 1. The second-order valence-corrected chi connectivity index (χ2v) is 10.8. The van der Waals surface area contributed by atoms with Crippen molar-refractivity contribution in [1.82, 2.24) is 0 Å². The first-order valence-corrected chi connectivity index (χ1v) is 14.1. The topological polar surface area (TPSA) is 23.8 Å². The number of rotatable bonds is 12. The summed E-state index contributed by atoms with van der Waals surface area (Å²) in [4.78, 5) is 0. The number of nitrogens with zero attached hydrogens (tertiary/aromatic N) is 1. The Labute approximate surface area is 204 Å². The van der Waals surface area contributed by atoms with E-state index in [1.54, 1.807) is 6.08 Å². The lowest BCUT2D eigenvalue weighted by Crippen LogP contribution is -2.25. The van der Waals surface area contributed by atoms with E-state index in [0.717, 1.165) is 23.7 Å². The summed E-state index contributed by atoms with van der Waals surface area (Å²) in [6.07, 6.45) is 30.0. The standard InChI is InChI=1S/C32H47N/c1-2-3-5-10-27-14-16-28(17-15-27)12-7-8-13-30-20-24-32(25-21-30)31-22-18-29(19-23-31)11-6-4-9-26-33/h4,6,9,11,14-17,29-32H,2-3,5,7-8,10,12-13,18-25H2,1H3. The second kappa shape index (κ2) is 15.2. The van der Waals surface area contributed by atoms with Crippen molar-refractivity contribution >= 4 is 0 Å². The molecule has 0 aliphatic heterocycles. The average molecular weight is 446 g/mol. The molecule has 2 aliphatic rings. The second-order valence-electron chi connectivity index (χ2n) is 10.8.